The number of halogens is 1. The second-order valence-corrected chi connectivity index (χ2v) is 26.1. The van der Waals surface area contributed by atoms with E-state index in [9.17, 15) is 9.59 Å². The van der Waals surface area contributed by atoms with E-state index >= 15 is 0 Å². The number of ether oxygens (including phenoxy) is 2. The third kappa shape index (κ3) is 28.4. The number of esters is 2. The smallest absolute Gasteiger partial charge is 0.353 e. The zero-order chi connectivity index (χ0) is 75.5. The Morgan fingerprint density at radius 1 is 0.365 bits per heavy atom. The van der Waals surface area contributed by atoms with E-state index in [1.54, 1.807) is 7.11 Å². The molecular formula is C13H14B77BrNO4. The van der Waals surface area contributed by atoms with Crippen LogP contribution in [0.4, 0.5) is 0 Å². The zero-order valence-electron chi connectivity index (χ0n) is 55.1. The number of rotatable bonds is 39. The molecule has 5 nitrogen and oxygen atoms in total. The first-order valence-electron chi connectivity index (χ1n) is 30.8. The summed E-state index contributed by atoms with van der Waals surface area (Å²) in [5.74, 6) is -0.337. The van der Waals surface area contributed by atoms with E-state index in [1.807, 2.05) is 25.1 Å². The minimum Gasteiger partial charge on any atom is -0.497 e. The highest BCUT2D eigenvalue weighted by Gasteiger charge is 2.65. The Morgan fingerprint density at radius 2 is 0.573 bits per heavy atom. The van der Waals surface area contributed by atoms with E-state index in [1.165, 1.54) is 11.1 Å². The van der Waals surface area contributed by atoms with Gasteiger partial charge in [-0.15, -0.1) is 0 Å². The molecule has 1 aliphatic rings. The fraction of sp³-hybridized carbons (Fsp3) is 0.231. The molecule has 2 N–H and O–H groups in total. The zero-order valence-corrected chi connectivity index (χ0v) is 56.6. The summed E-state index contributed by atoms with van der Waals surface area (Å²) in [5, 5.41) is 0. The Kier molecular flexibility index (Phi) is 49.0. The Hall–Kier alpha value is 3.34. The Labute approximate surface area is 657 Å². The molecule has 0 amide bonds. The van der Waals surface area contributed by atoms with Crippen molar-refractivity contribution in [3.63, 3.8) is 0 Å². The summed E-state index contributed by atoms with van der Waals surface area (Å²) >= 11 is 2.81. The minimum absolute atomic E-state index is 0.183. The van der Waals surface area contributed by atoms with Gasteiger partial charge in [0.1, 0.15) is 10.2 Å². The summed E-state index contributed by atoms with van der Waals surface area (Å²) in [6, 6.07) is 5.91. The van der Waals surface area contributed by atoms with Gasteiger partial charge >= 0.3 is 11.9 Å². The van der Waals surface area contributed by atoms with E-state index in [2.05, 4.69) is 20.7 Å². The fourth-order valence-corrected chi connectivity index (χ4v) is 15.2. The van der Waals surface area contributed by atoms with Crippen LogP contribution in [0.3, 0.4) is 0 Å². The Morgan fingerprint density at radius 3 is 0.708 bits per heavy atom. The summed E-state index contributed by atoms with van der Waals surface area (Å²) in [6.45, 7) is 2.63. The minimum atomic E-state index is -1.84. The summed E-state index contributed by atoms with van der Waals surface area (Å²) in [6.07, 6.45) is -59.0. The first kappa shape index (κ1) is 99.3. The molecule has 0 aliphatic carbocycles. The van der Waals surface area contributed by atoms with Gasteiger partial charge in [0.05, 0.1) is 7.11 Å². The highest BCUT2D eigenvalue weighted by molar-refractivity contribution is 9.12. The molecule has 1 aromatic carbocycles. The molecule has 0 bridgehead atoms. The predicted octanol–water partition coefficient (Wildman–Crippen LogP) is -27.5. The highest BCUT2D eigenvalue weighted by atomic mass is 79.9. The van der Waals surface area contributed by atoms with Crippen molar-refractivity contribution in [1.82, 2.24) is 0 Å². The number of hydrogen-bond donors (Lipinski definition) is 1. The topological polar surface area (TPSA) is 78.6 Å². The summed E-state index contributed by atoms with van der Waals surface area (Å²) in [7, 11) is 269. The molecule has 1 aliphatic heterocycles. The van der Waals surface area contributed by atoms with Crippen LogP contribution in [-0.4, -0.2) is 564 Å². The third-order valence-electron chi connectivity index (χ3n) is 18.6. The second-order valence-electron chi connectivity index (χ2n) is 25.3. The molecule has 0 saturated carbocycles. The molecule has 0 atom stereocenters. The van der Waals surface area contributed by atoms with Crippen LogP contribution in [0, 0.1) is 6.92 Å². The average molecular weight is 1160 g/mol. The molecule has 83 heteroatoms. The number of methoxy groups -OCH3 is 1. The molecule has 0 aromatic heterocycles. The van der Waals surface area contributed by atoms with E-state index in [4.69, 9.17) is 312 Å². The SMILES string of the molecule is COc1ccc(CN)c(C)c1.O=C1C=C(Br)C(=O)O1.[B][B]B(B([B])[B])B(B(B([B])[B])B([B])[B])B(B(B(B([B])[B])B([B])[B])B(B([B])[B])B([B])[B])B(B(B(B([B])[B])B([B])[B])B(B([B])[B])B([B])[B])B(B(B(B([B])[B])B([B])[B])B(B([B])[B])B([B])[B])B(B(B([B])[B])B([B])[B])B(B([B])[B])B([B])[B]. The lowest BCUT2D eigenvalue weighted by atomic mass is 8.20. The van der Waals surface area contributed by atoms with Gasteiger partial charge in [-0.2, -0.15) is 0 Å². The summed E-state index contributed by atoms with van der Waals surface area (Å²) in [5.41, 5.74) is 7.86. The van der Waals surface area contributed by atoms with Crippen molar-refractivity contribution in [3.8, 4) is 5.75 Å². The molecule has 0 spiro atoms. The van der Waals surface area contributed by atoms with Crippen LogP contribution >= 0.6 is 15.9 Å². The van der Waals surface area contributed by atoms with Crippen LogP contribution in [0.15, 0.2) is 28.8 Å². The molecule has 96 heavy (non-hydrogen) atoms. The fourth-order valence-electron chi connectivity index (χ4n) is 15.0. The van der Waals surface area contributed by atoms with Gasteiger partial charge in [-0.1, -0.05) is 6.07 Å². The molecule has 0 unspecified atom stereocenters. The van der Waals surface area contributed by atoms with Crippen LogP contribution in [0.1, 0.15) is 11.1 Å². The molecule has 333 valence electrons. The summed E-state index contributed by atoms with van der Waals surface area (Å²) in [4.78, 5) is 20.3. The average Bonchev–Trinajstić information content (AvgIpc) is 0.769. The lowest BCUT2D eigenvalue weighted by molar-refractivity contribution is -0.150. The molecular weight excluding hydrogens is 1150 g/mol. The quantitative estimate of drug-likeness (QED) is 0.0404. The van der Waals surface area contributed by atoms with E-state index in [-0.39, 0.29) is 4.48 Å². The maximum atomic E-state index is 10.2. The highest BCUT2D eigenvalue weighted by Crippen LogP contribution is 2.28. The predicted molar refractivity (Wildman–Crippen MR) is 517 cm³/mol. The van der Waals surface area contributed by atoms with Crippen LogP contribution < -0.4 is 10.5 Å². The van der Waals surface area contributed by atoms with E-state index < -0.39 is 248 Å². The Bertz CT molecular complexity index is 2170. The molecule has 1 aromatic rings. The third-order valence-corrected chi connectivity index (χ3v) is 19.2. The largest absolute Gasteiger partial charge is 0.497 e. The lowest BCUT2D eigenvalue weighted by Crippen LogP contribution is -2.99. The maximum absolute atomic E-state index is 10.2. The number of cyclic esters (lactones) is 2. The standard InChI is InChI=1S/C9H13NO.C4HBrO3.B77/c1-7-5-9(11-2)4-3-8(7)6-10;5-2-1-3(6)8-4(2)7;1-40-60(41(2)3)70(61(42(4)5)43(6)7)75(71(62(44(8)9)45(10)11)63(46(12)13)47(14)15)77(74(68(56(32)33)57(34)35)69(58(36)37)59(38)39)76(72(64(48(16)17)49(18)19)65(50(20)21)51(22)23)73(66(52(24)25)53(26)27)67(54(28)29)55(30)31/h3-5H,6,10H2,1-2H3;1H;. The van der Waals surface area contributed by atoms with Crippen molar-refractivity contribution in [3.05, 3.63) is 39.9 Å². The molecule has 1 heterocycles. The van der Waals surface area contributed by atoms with Gasteiger partial charge in [0.2, 0.25) is 0 Å². The van der Waals surface area contributed by atoms with Gasteiger partial charge in [-0.25, -0.2) is 9.59 Å². The van der Waals surface area contributed by atoms with Crippen molar-refractivity contribution >= 4 is 573 Å². The molecule has 79 radical (unpaired) electrons. The van der Waals surface area contributed by atoms with Gasteiger partial charge in [0.25, 0.3) is 0 Å². The first-order valence-corrected chi connectivity index (χ1v) is 31.6. The van der Waals surface area contributed by atoms with Crippen molar-refractivity contribution in [2.24, 2.45) is 5.73 Å². The van der Waals surface area contributed by atoms with Gasteiger partial charge in [0, 0.05) is 558 Å². The van der Waals surface area contributed by atoms with Gasteiger partial charge in [0.15, 0.2) is 0 Å². The molecule has 0 fully saturated rings. The number of hydrogen-bond acceptors (Lipinski definition) is 5. The van der Waals surface area contributed by atoms with Crippen LogP contribution in [0.5, 0.6) is 5.75 Å². The van der Waals surface area contributed by atoms with Crippen molar-refractivity contribution in [2.75, 3.05) is 7.11 Å². The molecule has 0 saturated heterocycles. The monoisotopic (exact) mass is 1170 g/mol. The number of nitrogens with two attached hydrogens (primary N) is 1. The van der Waals surface area contributed by atoms with E-state index in [0.29, 0.717) is 6.54 Å². The number of benzene rings is 1. The van der Waals surface area contributed by atoms with Crippen molar-refractivity contribution in [1.29, 1.82) is 0 Å². The second kappa shape index (κ2) is 47.3. The van der Waals surface area contributed by atoms with Crippen LogP contribution in [-0.2, 0) is 20.9 Å². The normalized spacial score (nSPS) is 10.5. The van der Waals surface area contributed by atoms with Crippen LogP contribution in [0.25, 0.3) is 0 Å². The first-order chi connectivity index (χ1) is 44.0. The number of carbonyl (C=O) groups is 2. The number of carbonyl (C=O) groups excluding carboxylic acids is 2. The number of aryl methyl sites for hydroxylation is 1. The lowest BCUT2D eigenvalue weighted by Gasteiger charge is -2.61. The van der Waals surface area contributed by atoms with Gasteiger partial charge in [-0.3, -0.25) is 0 Å². The maximum Gasteiger partial charge on any atom is 0.353 e. The molecule has 2 rings (SSSR count). The van der Waals surface area contributed by atoms with Crippen molar-refractivity contribution in [2.45, 2.75) is 13.5 Å². The van der Waals surface area contributed by atoms with Gasteiger partial charge in [-0.05, 0) is 46.1 Å². The van der Waals surface area contributed by atoms with Crippen LogP contribution in [0.2, 0.25) is 0 Å². The Balaban J connectivity index is 0.00000401. The summed E-state index contributed by atoms with van der Waals surface area (Å²) < 4.78 is 9.29. The van der Waals surface area contributed by atoms with E-state index in [0.717, 1.165) is 18.9 Å². The van der Waals surface area contributed by atoms with Crippen molar-refractivity contribution < 1.29 is 19.1 Å². The van der Waals surface area contributed by atoms with Gasteiger partial charge < -0.3 is 15.2 Å².